The molecular formula is C18H30. The van der Waals surface area contributed by atoms with Gasteiger partial charge in [0.05, 0.1) is 0 Å². The summed E-state index contributed by atoms with van der Waals surface area (Å²) in [7, 11) is 0. The number of hydrogen-bond acceptors (Lipinski definition) is 0. The molecule has 102 valence electrons. The molecule has 2 aliphatic carbocycles. The van der Waals surface area contributed by atoms with Gasteiger partial charge in [-0.1, -0.05) is 63.1 Å². The van der Waals surface area contributed by atoms with Crippen LogP contribution in [0.3, 0.4) is 0 Å². The summed E-state index contributed by atoms with van der Waals surface area (Å²) >= 11 is 0. The molecule has 2 rings (SSSR count). The summed E-state index contributed by atoms with van der Waals surface area (Å²) in [4.78, 5) is 0. The van der Waals surface area contributed by atoms with Crippen LogP contribution in [0.25, 0.3) is 0 Å². The molecule has 0 heteroatoms. The van der Waals surface area contributed by atoms with Gasteiger partial charge >= 0.3 is 0 Å². The fourth-order valence-electron chi connectivity index (χ4n) is 2.84. The van der Waals surface area contributed by atoms with E-state index in [1.165, 1.54) is 44.9 Å². The molecule has 2 aliphatic rings. The minimum Gasteiger partial charge on any atom is -0.0917 e. The van der Waals surface area contributed by atoms with Crippen molar-refractivity contribution in [3.05, 3.63) is 36.5 Å². The van der Waals surface area contributed by atoms with E-state index in [-0.39, 0.29) is 0 Å². The summed E-state index contributed by atoms with van der Waals surface area (Å²) < 4.78 is 0. The predicted octanol–water partition coefficient (Wildman–Crippen LogP) is 6.06. The van der Waals surface area contributed by atoms with Crippen LogP contribution >= 0.6 is 0 Å². The molecule has 0 aromatic carbocycles. The molecule has 0 heterocycles. The molecule has 0 amide bonds. The van der Waals surface area contributed by atoms with Crippen molar-refractivity contribution in [2.75, 3.05) is 0 Å². The fourth-order valence-corrected chi connectivity index (χ4v) is 2.84. The zero-order valence-corrected chi connectivity index (χ0v) is 12.5. The summed E-state index contributed by atoms with van der Waals surface area (Å²) in [6.45, 7) is 6.48. The Morgan fingerprint density at radius 1 is 1.28 bits per heavy atom. The number of fused-ring (bicyclic) bond motifs is 2. The minimum atomic E-state index is 0.501. The maximum absolute atomic E-state index is 2.43. The Morgan fingerprint density at radius 2 is 2.11 bits per heavy atom. The van der Waals surface area contributed by atoms with Gasteiger partial charge in [-0.3, -0.25) is 0 Å². The topological polar surface area (TPSA) is 0 Å². The number of hydrogen-bond donors (Lipinski definition) is 0. The van der Waals surface area contributed by atoms with Gasteiger partial charge in [0.2, 0.25) is 0 Å². The molecule has 0 saturated heterocycles. The first-order valence-electron chi connectivity index (χ1n) is 7.74. The normalized spacial score (nSPS) is 29.2. The lowest BCUT2D eigenvalue weighted by Gasteiger charge is -2.17. The van der Waals surface area contributed by atoms with Crippen molar-refractivity contribution in [1.82, 2.24) is 0 Å². The van der Waals surface area contributed by atoms with Crippen LogP contribution in [-0.4, -0.2) is 0 Å². The first-order chi connectivity index (χ1) is 8.76. The van der Waals surface area contributed by atoms with Crippen molar-refractivity contribution < 1.29 is 0 Å². The Morgan fingerprint density at radius 3 is 2.56 bits per heavy atom. The van der Waals surface area contributed by atoms with Gasteiger partial charge in [0.15, 0.2) is 0 Å². The number of rotatable bonds is 5. The van der Waals surface area contributed by atoms with Crippen LogP contribution < -0.4 is 0 Å². The van der Waals surface area contributed by atoms with Crippen LogP contribution in [-0.2, 0) is 0 Å². The summed E-state index contributed by atoms with van der Waals surface area (Å²) in [6, 6.07) is 0. The van der Waals surface area contributed by atoms with Gasteiger partial charge in [0.25, 0.3) is 0 Å². The van der Waals surface area contributed by atoms with E-state index in [9.17, 15) is 0 Å². The summed E-state index contributed by atoms with van der Waals surface area (Å²) in [6.07, 6.45) is 23.2. The highest BCUT2D eigenvalue weighted by molar-refractivity contribution is 5.22. The molecule has 0 radical (unpaired) electrons. The lowest BCUT2D eigenvalue weighted by Crippen LogP contribution is -2.06. The Balaban J connectivity index is 0.000000203. The Labute approximate surface area is 114 Å². The molecule has 0 aliphatic heterocycles. The van der Waals surface area contributed by atoms with Gasteiger partial charge in [-0.15, -0.1) is 0 Å². The molecule has 0 aromatic heterocycles. The second-order valence-corrected chi connectivity index (χ2v) is 5.62. The predicted molar refractivity (Wildman–Crippen MR) is 82.7 cm³/mol. The first kappa shape index (κ1) is 15.3. The maximum Gasteiger partial charge on any atom is 0.00668 e. The standard InChI is InChI=1S/C11H16.C7H14/c1-2-3-6-11-7-4-10(9-11)5-8-11;1-3-5-7-6-4-2/h3-4,6-7,10H,2,5,8-9H2,1H3;3,5H,4,6-7H2,1-2H3. The third-order valence-electron chi connectivity index (χ3n) is 3.97. The Kier molecular flexibility index (Phi) is 7.08. The molecular weight excluding hydrogens is 216 g/mol. The van der Waals surface area contributed by atoms with Crippen LogP contribution in [0.4, 0.5) is 0 Å². The average molecular weight is 246 g/mol. The second kappa shape index (κ2) is 8.34. The quantitative estimate of drug-likeness (QED) is 0.408. The minimum absolute atomic E-state index is 0.501. The van der Waals surface area contributed by atoms with Crippen molar-refractivity contribution in [2.24, 2.45) is 11.3 Å². The molecule has 2 bridgehead atoms. The monoisotopic (exact) mass is 246 g/mol. The molecule has 2 unspecified atom stereocenters. The van der Waals surface area contributed by atoms with E-state index in [0.717, 1.165) is 5.92 Å². The van der Waals surface area contributed by atoms with Gasteiger partial charge in [0.1, 0.15) is 0 Å². The molecule has 0 nitrogen and oxygen atoms in total. The zero-order chi connectivity index (χ0) is 13.3. The highest BCUT2D eigenvalue weighted by Crippen LogP contribution is 2.49. The van der Waals surface area contributed by atoms with Crippen molar-refractivity contribution >= 4 is 0 Å². The second-order valence-electron chi connectivity index (χ2n) is 5.62. The summed E-state index contributed by atoms with van der Waals surface area (Å²) in [5.41, 5.74) is 0.501. The molecule has 1 saturated carbocycles. The molecule has 0 aromatic rings. The maximum atomic E-state index is 2.43. The highest BCUT2D eigenvalue weighted by Gasteiger charge is 2.38. The molecule has 18 heavy (non-hydrogen) atoms. The molecule has 1 fully saturated rings. The highest BCUT2D eigenvalue weighted by atomic mass is 14.4. The molecule has 0 spiro atoms. The van der Waals surface area contributed by atoms with Gasteiger partial charge in [-0.2, -0.15) is 0 Å². The first-order valence-corrected chi connectivity index (χ1v) is 7.74. The largest absolute Gasteiger partial charge is 0.0917 e. The van der Waals surface area contributed by atoms with Crippen molar-refractivity contribution in [3.8, 4) is 0 Å². The zero-order valence-electron chi connectivity index (χ0n) is 12.5. The van der Waals surface area contributed by atoms with Gasteiger partial charge in [0, 0.05) is 5.41 Å². The third kappa shape index (κ3) is 4.84. The molecule has 0 N–H and O–H groups in total. The van der Waals surface area contributed by atoms with Crippen LogP contribution in [0.15, 0.2) is 36.5 Å². The van der Waals surface area contributed by atoms with Crippen LogP contribution in [0.1, 0.15) is 65.7 Å². The number of allylic oxidation sites excluding steroid dienone is 6. The smallest absolute Gasteiger partial charge is 0.00668 e. The van der Waals surface area contributed by atoms with Gasteiger partial charge in [-0.05, 0) is 44.9 Å². The van der Waals surface area contributed by atoms with E-state index in [0.29, 0.717) is 5.41 Å². The SMILES string of the molecule is CC=CCCCC.CCC=CC12C=CC(CC1)C2. The van der Waals surface area contributed by atoms with E-state index < -0.39 is 0 Å². The number of unbranched alkanes of at least 4 members (excludes halogenated alkanes) is 2. The van der Waals surface area contributed by atoms with E-state index in [1.54, 1.807) is 0 Å². The van der Waals surface area contributed by atoms with Crippen molar-refractivity contribution in [2.45, 2.75) is 65.7 Å². The van der Waals surface area contributed by atoms with E-state index in [4.69, 9.17) is 0 Å². The Bertz CT molecular complexity index is 295. The van der Waals surface area contributed by atoms with E-state index >= 15 is 0 Å². The summed E-state index contributed by atoms with van der Waals surface area (Å²) in [5.74, 6) is 0.913. The van der Waals surface area contributed by atoms with E-state index in [2.05, 4.69) is 57.2 Å². The lowest BCUT2D eigenvalue weighted by atomic mass is 9.87. The van der Waals surface area contributed by atoms with Crippen molar-refractivity contribution in [3.63, 3.8) is 0 Å². The summed E-state index contributed by atoms with van der Waals surface area (Å²) in [5, 5.41) is 0. The van der Waals surface area contributed by atoms with Crippen LogP contribution in [0.5, 0.6) is 0 Å². The fraction of sp³-hybridized carbons (Fsp3) is 0.667. The van der Waals surface area contributed by atoms with Gasteiger partial charge < -0.3 is 0 Å². The Hall–Kier alpha value is -0.780. The van der Waals surface area contributed by atoms with Crippen LogP contribution in [0, 0.1) is 11.3 Å². The van der Waals surface area contributed by atoms with Gasteiger partial charge in [-0.25, -0.2) is 0 Å². The average Bonchev–Trinajstić information content (AvgIpc) is 2.99. The van der Waals surface area contributed by atoms with E-state index in [1.807, 2.05) is 0 Å². The lowest BCUT2D eigenvalue weighted by molar-refractivity contribution is 0.522. The molecule has 2 atom stereocenters. The third-order valence-corrected chi connectivity index (χ3v) is 3.97. The van der Waals surface area contributed by atoms with Crippen LogP contribution in [0.2, 0.25) is 0 Å². The van der Waals surface area contributed by atoms with Crippen molar-refractivity contribution in [1.29, 1.82) is 0 Å².